The molecule has 0 atom stereocenters. The van der Waals surface area contributed by atoms with Gasteiger partial charge in [0, 0.05) is 12.0 Å². The van der Waals surface area contributed by atoms with Gasteiger partial charge in [-0.2, -0.15) is 0 Å². The molecule has 0 aliphatic rings. The lowest BCUT2D eigenvalue weighted by Gasteiger charge is -2.17. The summed E-state index contributed by atoms with van der Waals surface area (Å²) < 4.78 is 4.77. The minimum atomic E-state index is -0.824. The minimum Gasteiger partial charge on any atom is -0.462 e. The van der Waals surface area contributed by atoms with Crippen LogP contribution in [0.2, 0.25) is 0 Å². The summed E-state index contributed by atoms with van der Waals surface area (Å²) in [4.78, 5) is 32.2. The van der Waals surface area contributed by atoms with Crippen molar-refractivity contribution in [2.45, 2.75) is 19.5 Å². The van der Waals surface area contributed by atoms with Crippen LogP contribution < -0.4 is 22.1 Å². The van der Waals surface area contributed by atoms with Crippen LogP contribution in [0, 0.1) is 0 Å². The van der Waals surface area contributed by atoms with Crippen molar-refractivity contribution in [2.24, 2.45) is 11.5 Å². The normalized spacial score (nSPS) is 9.53. The monoisotopic (exact) mass is 244 g/mol. The third-order valence-electron chi connectivity index (χ3n) is 1.62. The lowest BCUT2D eigenvalue weighted by molar-refractivity contribution is -0.139. The minimum absolute atomic E-state index is 0.0169. The number of esters is 1. The number of carbonyl (C=O) groups excluding carboxylic acids is 3. The molecule has 8 heteroatoms. The standard InChI is InChI=1S/C9H16N4O4/c1-5(2)7(14)17-4-3-6(12-8(10)15)13-9(11)16/h6H,1,3-4H2,2H3,(H3,10,12,15)(H3,11,13,16). The fourth-order valence-electron chi connectivity index (χ4n) is 0.917. The number of rotatable bonds is 6. The highest BCUT2D eigenvalue weighted by atomic mass is 16.5. The van der Waals surface area contributed by atoms with Crippen LogP contribution in [0.5, 0.6) is 0 Å². The fourth-order valence-corrected chi connectivity index (χ4v) is 0.917. The number of carbonyl (C=O) groups is 3. The van der Waals surface area contributed by atoms with E-state index in [1.54, 1.807) is 0 Å². The van der Waals surface area contributed by atoms with Gasteiger partial charge in [0.1, 0.15) is 6.17 Å². The van der Waals surface area contributed by atoms with Crippen LogP contribution in [0.15, 0.2) is 12.2 Å². The van der Waals surface area contributed by atoms with Crippen molar-refractivity contribution in [3.05, 3.63) is 12.2 Å². The molecule has 0 radical (unpaired) electrons. The molecule has 8 nitrogen and oxygen atoms in total. The Labute approximate surface area is 98.3 Å². The maximum Gasteiger partial charge on any atom is 0.333 e. The Morgan fingerprint density at radius 3 is 2.06 bits per heavy atom. The number of ether oxygens (including phenoxy) is 1. The van der Waals surface area contributed by atoms with E-state index in [0.717, 1.165) is 0 Å². The van der Waals surface area contributed by atoms with Crippen molar-refractivity contribution in [2.75, 3.05) is 6.61 Å². The summed E-state index contributed by atoms with van der Waals surface area (Å²) in [6, 6.07) is -1.65. The van der Waals surface area contributed by atoms with E-state index in [4.69, 9.17) is 16.2 Å². The molecule has 96 valence electrons. The molecule has 0 aromatic carbocycles. The molecule has 0 unspecified atom stereocenters. The Morgan fingerprint density at radius 2 is 1.71 bits per heavy atom. The van der Waals surface area contributed by atoms with Crippen LogP contribution in [0.3, 0.4) is 0 Å². The molecule has 0 rings (SSSR count). The molecule has 0 aliphatic carbocycles. The Kier molecular flexibility index (Phi) is 6.16. The molecule has 0 fully saturated rings. The number of hydrogen-bond donors (Lipinski definition) is 4. The van der Waals surface area contributed by atoms with Gasteiger partial charge < -0.3 is 26.8 Å². The number of amides is 4. The summed E-state index contributed by atoms with van der Waals surface area (Å²) in [5, 5.41) is 4.45. The molecule has 0 aromatic heterocycles. The number of urea groups is 2. The number of primary amides is 2. The van der Waals surface area contributed by atoms with Crippen molar-refractivity contribution in [3.63, 3.8) is 0 Å². The lowest BCUT2D eigenvalue weighted by Crippen LogP contribution is -2.51. The second-order valence-corrected chi connectivity index (χ2v) is 3.27. The second-order valence-electron chi connectivity index (χ2n) is 3.27. The molecular formula is C9H16N4O4. The molecule has 0 bridgehead atoms. The van der Waals surface area contributed by atoms with E-state index in [0.29, 0.717) is 0 Å². The van der Waals surface area contributed by atoms with Gasteiger partial charge in [0.15, 0.2) is 0 Å². The van der Waals surface area contributed by atoms with Crippen molar-refractivity contribution in [1.29, 1.82) is 0 Å². The predicted molar refractivity (Wildman–Crippen MR) is 59.6 cm³/mol. The summed E-state index contributed by atoms with van der Waals surface area (Å²) in [7, 11) is 0. The van der Waals surface area contributed by atoms with Gasteiger partial charge in [0.2, 0.25) is 0 Å². The first-order valence-electron chi connectivity index (χ1n) is 4.77. The van der Waals surface area contributed by atoms with Crippen molar-refractivity contribution < 1.29 is 19.1 Å². The second kappa shape index (κ2) is 7.09. The maximum absolute atomic E-state index is 11.0. The Balaban J connectivity index is 4.07. The number of nitrogens with two attached hydrogens (primary N) is 2. The van der Waals surface area contributed by atoms with Gasteiger partial charge in [-0.1, -0.05) is 6.58 Å². The van der Waals surface area contributed by atoms with E-state index in [-0.39, 0.29) is 18.6 Å². The summed E-state index contributed by atoms with van der Waals surface area (Å²) in [5.41, 5.74) is 10.0. The Morgan fingerprint density at radius 1 is 1.24 bits per heavy atom. The average molecular weight is 244 g/mol. The SMILES string of the molecule is C=C(C)C(=O)OCCC(NC(N)=O)NC(N)=O. The van der Waals surface area contributed by atoms with E-state index in [1.807, 2.05) is 0 Å². The van der Waals surface area contributed by atoms with Crippen molar-refractivity contribution in [1.82, 2.24) is 10.6 Å². The van der Waals surface area contributed by atoms with Crippen LogP contribution in [-0.2, 0) is 9.53 Å². The molecule has 17 heavy (non-hydrogen) atoms. The molecular weight excluding hydrogens is 228 g/mol. The van der Waals surface area contributed by atoms with E-state index < -0.39 is 24.2 Å². The third kappa shape index (κ3) is 7.65. The molecule has 4 amide bonds. The van der Waals surface area contributed by atoms with Crippen molar-refractivity contribution in [3.8, 4) is 0 Å². The first-order valence-corrected chi connectivity index (χ1v) is 4.77. The molecule has 6 N–H and O–H groups in total. The molecule has 0 heterocycles. The van der Waals surface area contributed by atoms with Crippen molar-refractivity contribution >= 4 is 18.0 Å². The van der Waals surface area contributed by atoms with E-state index in [2.05, 4.69) is 17.2 Å². The van der Waals surface area contributed by atoms with Gasteiger partial charge in [0.05, 0.1) is 6.61 Å². The molecule has 0 spiro atoms. The van der Waals surface area contributed by atoms with E-state index >= 15 is 0 Å². The largest absolute Gasteiger partial charge is 0.462 e. The summed E-state index contributed by atoms with van der Waals surface area (Å²) >= 11 is 0. The fraction of sp³-hybridized carbons (Fsp3) is 0.444. The maximum atomic E-state index is 11.0. The zero-order valence-electron chi connectivity index (χ0n) is 9.49. The van der Waals surface area contributed by atoms with E-state index in [9.17, 15) is 14.4 Å². The summed E-state index contributed by atoms with van der Waals surface area (Å²) in [5.74, 6) is -0.554. The smallest absolute Gasteiger partial charge is 0.333 e. The number of nitrogens with one attached hydrogen (secondary N) is 2. The first kappa shape index (κ1) is 14.8. The third-order valence-corrected chi connectivity index (χ3v) is 1.62. The molecule has 0 saturated heterocycles. The molecule has 0 aromatic rings. The highest BCUT2D eigenvalue weighted by molar-refractivity contribution is 5.86. The quantitative estimate of drug-likeness (QED) is 0.275. The van der Waals surface area contributed by atoms with Gasteiger partial charge in [-0.05, 0) is 6.92 Å². The van der Waals surface area contributed by atoms with E-state index in [1.165, 1.54) is 6.92 Å². The molecule has 0 aliphatic heterocycles. The van der Waals surface area contributed by atoms with Gasteiger partial charge in [-0.3, -0.25) is 0 Å². The van der Waals surface area contributed by atoms with Crippen LogP contribution in [0.1, 0.15) is 13.3 Å². The van der Waals surface area contributed by atoms with Gasteiger partial charge >= 0.3 is 18.0 Å². The van der Waals surface area contributed by atoms with Crippen LogP contribution in [0.4, 0.5) is 9.59 Å². The first-order chi connectivity index (χ1) is 7.82. The number of hydrogen-bond acceptors (Lipinski definition) is 4. The van der Waals surface area contributed by atoms with Gasteiger partial charge in [0.25, 0.3) is 0 Å². The lowest BCUT2D eigenvalue weighted by atomic mass is 10.3. The Bertz CT molecular complexity index is 313. The topological polar surface area (TPSA) is 137 Å². The van der Waals surface area contributed by atoms with Crippen LogP contribution in [0.25, 0.3) is 0 Å². The van der Waals surface area contributed by atoms with Gasteiger partial charge in [-0.25, -0.2) is 14.4 Å². The zero-order chi connectivity index (χ0) is 13.4. The van der Waals surface area contributed by atoms with Crippen LogP contribution in [-0.4, -0.2) is 30.8 Å². The summed E-state index contributed by atoms with van der Waals surface area (Å²) in [6.07, 6.45) is -0.645. The highest BCUT2D eigenvalue weighted by Gasteiger charge is 2.13. The average Bonchev–Trinajstić information content (AvgIpc) is 2.14. The highest BCUT2D eigenvalue weighted by Crippen LogP contribution is 1.95. The summed E-state index contributed by atoms with van der Waals surface area (Å²) in [6.45, 7) is 4.88. The Hall–Kier alpha value is -2.25. The zero-order valence-corrected chi connectivity index (χ0v) is 9.49. The van der Waals surface area contributed by atoms with Crippen LogP contribution >= 0.6 is 0 Å². The predicted octanol–water partition coefficient (Wildman–Crippen LogP) is -0.841. The molecule has 0 saturated carbocycles. The van der Waals surface area contributed by atoms with Gasteiger partial charge in [-0.15, -0.1) is 0 Å².